The summed E-state index contributed by atoms with van der Waals surface area (Å²) in [4.78, 5) is 23.4. The lowest BCUT2D eigenvalue weighted by Gasteiger charge is -2.11. The van der Waals surface area contributed by atoms with Crippen LogP contribution in [0.1, 0.15) is 28.5 Å². The van der Waals surface area contributed by atoms with Crippen molar-refractivity contribution in [1.82, 2.24) is 20.2 Å². The normalized spacial score (nSPS) is 13.0. The van der Waals surface area contributed by atoms with Crippen LogP contribution in [0.4, 0.5) is 5.82 Å². The van der Waals surface area contributed by atoms with Crippen LogP contribution in [0.3, 0.4) is 0 Å². The number of ether oxygens (including phenoxy) is 2. The topological polar surface area (TPSA) is 93.2 Å². The van der Waals surface area contributed by atoms with Gasteiger partial charge in [-0.15, -0.1) is 0 Å². The van der Waals surface area contributed by atoms with Crippen molar-refractivity contribution in [3.05, 3.63) is 47.4 Å². The summed E-state index contributed by atoms with van der Waals surface area (Å²) in [5.41, 5.74) is 3.76. The molecule has 3 aromatic rings. The van der Waals surface area contributed by atoms with Crippen molar-refractivity contribution < 1.29 is 14.3 Å². The summed E-state index contributed by atoms with van der Waals surface area (Å²) in [6.45, 7) is 4.69. The monoisotopic (exact) mass is 365 g/mol. The number of methoxy groups -OCH3 is 1. The molecule has 4 heterocycles. The van der Waals surface area contributed by atoms with E-state index in [1.54, 1.807) is 30.5 Å². The van der Waals surface area contributed by atoms with Gasteiger partial charge in [-0.2, -0.15) is 5.10 Å². The molecule has 0 aromatic carbocycles. The Morgan fingerprint density at radius 2 is 2.19 bits per heavy atom. The fourth-order valence-corrected chi connectivity index (χ4v) is 3.20. The molecule has 3 aromatic heterocycles. The molecule has 0 spiro atoms. The van der Waals surface area contributed by atoms with Gasteiger partial charge in [-0.25, -0.2) is 4.98 Å². The molecule has 4 rings (SSSR count). The van der Waals surface area contributed by atoms with E-state index in [1.165, 1.54) is 0 Å². The van der Waals surface area contributed by atoms with E-state index >= 15 is 0 Å². The fraction of sp³-hybridized carbons (Fsp3) is 0.263. The third kappa shape index (κ3) is 2.88. The average Bonchev–Trinajstić information content (AvgIpc) is 3.30. The zero-order chi connectivity index (χ0) is 19.0. The molecule has 0 saturated heterocycles. The number of aromatic nitrogens is 4. The molecule has 0 unspecified atom stereocenters. The van der Waals surface area contributed by atoms with Gasteiger partial charge in [-0.05, 0) is 31.5 Å². The van der Waals surface area contributed by atoms with Crippen molar-refractivity contribution in [1.29, 1.82) is 0 Å². The molecule has 0 fully saturated rings. The molecule has 1 aliphatic heterocycles. The number of hydrogen-bond acceptors (Lipinski definition) is 6. The van der Waals surface area contributed by atoms with Gasteiger partial charge in [0.2, 0.25) is 0 Å². The molecule has 1 N–H and O–H groups in total. The van der Waals surface area contributed by atoms with Gasteiger partial charge in [0.25, 0.3) is 11.8 Å². The van der Waals surface area contributed by atoms with E-state index in [0.717, 1.165) is 22.5 Å². The number of carbonyl (C=O) groups is 1. The number of amides is 1. The van der Waals surface area contributed by atoms with Gasteiger partial charge < -0.3 is 9.47 Å². The first kappa shape index (κ1) is 17.0. The second-order valence-corrected chi connectivity index (χ2v) is 6.13. The van der Waals surface area contributed by atoms with Gasteiger partial charge in [-0.3, -0.25) is 19.8 Å². The lowest BCUT2D eigenvalue weighted by atomic mass is 10.1. The number of anilines is 1. The van der Waals surface area contributed by atoms with E-state index in [-0.39, 0.29) is 5.91 Å². The molecule has 8 nitrogen and oxygen atoms in total. The first-order valence-electron chi connectivity index (χ1n) is 8.61. The number of aromatic amines is 1. The number of H-pyrrole nitrogens is 1. The maximum atomic E-state index is 12.8. The van der Waals surface area contributed by atoms with E-state index in [2.05, 4.69) is 15.2 Å². The fourth-order valence-electron chi connectivity index (χ4n) is 3.20. The first-order chi connectivity index (χ1) is 13.1. The average molecular weight is 365 g/mol. The van der Waals surface area contributed by atoms with Gasteiger partial charge in [0, 0.05) is 24.0 Å². The third-order valence-electron chi connectivity index (χ3n) is 4.44. The van der Waals surface area contributed by atoms with Gasteiger partial charge >= 0.3 is 0 Å². The van der Waals surface area contributed by atoms with Crippen molar-refractivity contribution in [2.75, 3.05) is 18.6 Å². The SMILES string of the molecule is CCOc1ncc(-c2cc(C)c3c(n2)CN(c2cc[nH]n2)C3=O)cc1OC. The van der Waals surface area contributed by atoms with Crippen molar-refractivity contribution in [2.24, 2.45) is 0 Å². The maximum Gasteiger partial charge on any atom is 0.262 e. The standard InChI is InChI=1S/C19H19N5O3/c1-4-27-18-15(26-3)8-12(9-20-18)13-7-11(2)17-14(22-13)10-24(19(17)25)16-5-6-21-23-16/h5-9H,4,10H2,1-3H3,(H,21,23). The second-order valence-electron chi connectivity index (χ2n) is 6.13. The van der Waals surface area contributed by atoms with Gasteiger partial charge in [0.05, 0.1) is 37.2 Å². The lowest BCUT2D eigenvalue weighted by Crippen LogP contribution is -2.23. The molecule has 1 aliphatic rings. The Bertz CT molecular complexity index is 1000. The van der Waals surface area contributed by atoms with E-state index < -0.39 is 0 Å². The van der Waals surface area contributed by atoms with Gasteiger partial charge in [-0.1, -0.05) is 0 Å². The molecule has 27 heavy (non-hydrogen) atoms. The summed E-state index contributed by atoms with van der Waals surface area (Å²) in [5.74, 6) is 1.49. The summed E-state index contributed by atoms with van der Waals surface area (Å²) in [6.07, 6.45) is 3.39. The minimum Gasteiger partial charge on any atom is -0.491 e. The molecule has 1 amide bonds. The van der Waals surface area contributed by atoms with Crippen LogP contribution < -0.4 is 14.4 Å². The Morgan fingerprint density at radius 3 is 2.89 bits per heavy atom. The first-order valence-corrected chi connectivity index (χ1v) is 8.61. The van der Waals surface area contributed by atoms with Crippen molar-refractivity contribution in [3.8, 4) is 22.9 Å². The number of fused-ring (bicyclic) bond motifs is 1. The van der Waals surface area contributed by atoms with Crippen LogP contribution in [0.5, 0.6) is 11.6 Å². The molecule has 0 radical (unpaired) electrons. The van der Waals surface area contributed by atoms with E-state index in [1.807, 2.05) is 26.0 Å². The number of carbonyl (C=O) groups excluding carboxylic acids is 1. The summed E-state index contributed by atoms with van der Waals surface area (Å²) in [5, 5.41) is 6.84. The van der Waals surface area contributed by atoms with Crippen molar-refractivity contribution >= 4 is 11.7 Å². The summed E-state index contributed by atoms with van der Waals surface area (Å²) in [7, 11) is 1.57. The number of nitrogens with zero attached hydrogens (tertiary/aromatic N) is 4. The predicted molar refractivity (Wildman–Crippen MR) is 99.0 cm³/mol. The maximum absolute atomic E-state index is 12.8. The van der Waals surface area contributed by atoms with E-state index in [0.29, 0.717) is 36.2 Å². The Morgan fingerprint density at radius 1 is 1.33 bits per heavy atom. The van der Waals surface area contributed by atoms with Crippen LogP contribution in [-0.2, 0) is 6.54 Å². The Labute approximate surface area is 156 Å². The number of hydrogen-bond donors (Lipinski definition) is 1. The summed E-state index contributed by atoms with van der Waals surface area (Å²) < 4.78 is 10.8. The van der Waals surface area contributed by atoms with Crippen LogP contribution in [-0.4, -0.2) is 39.8 Å². The van der Waals surface area contributed by atoms with Crippen LogP contribution in [0, 0.1) is 6.92 Å². The zero-order valence-corrected chi connectivity index (χ0v) is 15.3. The molecule has 8 heteroatoms. The van der Waals surface area contributed by atoms with E-state index in [4.69, 9.17) is 14.5 Å². The molecule has 0 saturated carbocycles. The van der Waals surface area contributed by atoms with Gasteiger partial charge in [0.1, 0.15) is 0 Å². The van der Waals surface area contributed by atoms with Gasteiger partial charge in [0.15, 0.2) is 11.6 Å². The second kappa shape index (κ2) is 6.71. The molecular formula is C19H19N5O3. The number of nitrogens with one attached hydrogen (secondary N) is 1. The highest BCUT2D eigenvalue weighted by molar-refractivity contribution is 6.10. The highest BCUT2D eigenvalue weighted by Gasteiger charge is 2.33. The third-order valence-corrected chi connectivity index (χ3v) is 4.44. The van der Waals surface area contributed by atoms with Crippen molar-refractivity contribution in [2.45, 2.75) is 20.4 Å². The smallest absolute Gasteiger partial charge is 0.262 e. The zero-order valence-electron chi connectivity index (χ0n) is 15.3. The minimum absolute atomic E-state index is 0.0870. The summed E-state index contributed by atoms with van der Waals surface area (Å²) in [6, 6.07) is 5.50. The van der Waals surface area contributed by atoms with Crippen LogP contribution >= 0.6 is 0 Å². The highest BCUT2D eigenvalue weighted by atomic mass is 16.5. The molecule has 0 atom stereocenters. The van der Waals surface area contributed by atoms with Crippen LogP contribution in [0.2, 0.25) is 0 Å². The number of rotatable bonds is 5. The minimum atomic E-state index is -0.0870. The summed E-state index contributed by atoms with van der Waals surface area (Å²) >= 11 is 0. The Balaban J connectivity index is 1.73. The van der Waals surface area contributed by atoms with Crippen molar-refractivity contribution in [3.63, 3.8) is 0 Å². The Hall–Kier alpha value is -3.42. The quantitative estimate of drug-likeness (QED) is 0.747. The highest BCUT2D eigenvalue weighted by Crippen LogP contribution is 2.33. The Kier molecular flexibility index (Phi) is 4.23. The van der Waals surface area contributed by atoms with Crippen LogP contribution in [0.15, 0.2) is 30.6 Å². The molecular weight excluding hydrogens is 346 g/mol. The predicted octanol–water partition coefficient (Wildman–Crippen LogP) is 2.74. The molecule has 0 aliphatic carbocycles. The van der Waals surface area contributed by atoms with Crippen LogP contribution in [0.25, 0.3) is 11.3 Å². The number of pyridine rings is 2. The van der Waals surface area contributed by atoms with E-state index in [9.17, 15) is 4.79 Å². The lowest BCUT2D eigenvalue weighted by molar-refractivity contribution is 0.0995. The molecule has 138 valence electrons. The largest absolute Gasteiger partial charge is 0.491 e. The number of aryl methyl sites for hydroxylation is 1. The molecule has 0 bridgehead atoms.